The molecule has 1 saturated heterocycles. The first kappa shape index (κ1) is 18.4. The Hall–Kier alpha value is -2.40. The molecule has 1 heterocycles. The number of anilines is 2. The molecule has 138 valence electrons. The number of aryl methyl sites for hydroxylation is 1. The lowest BCUT2D eigenvalue weighted by molar-refractivity contribution is -0.116. The fraction of sp³-hybridized carbons (Fsp3) is 0.381. The van der Waals surface area contributed by atoms with Crippen molar-refractivity contribution in [1.29, 1.82) is 0 Å². The molecule has 0 aliphatic carbocycles. The van der Waals surface area contributed by atoms with E-state index < -0.39 is 0 Å². The van der Waals surface area contributed by atoms with Crippen LogP contribution >= 0.6 is 0 Å². The van der Waals surface area contributed by atoms with Crippen LogP contribution in [0, 0.1) is 5.82 Å². The molecular weight excluding hydrogens is 329 g/mol. The molecule has 2 aromatic rings. The molecule has 5 heteroatoms. The number of halogens is 1. The highest BCUT2D eigenvalue weighted by molar-refractivity contribution is 5.90. The second-order valence-electron chi connectivity index (χ2n) is 6.87. The zero-order valence-corrected chi connectivity index (χ0v) is 15.2. The predicted octanol–water partition coefficient (Wildman–Crippen LogP) is 3.54. The number of rotatable bonds is 6. The van der Waals surface area contributed by atoms with Gasteiger partial charge in [0.2, 0.25) is 5.91 Å². The number of benzene rings is 2. The topological polar surface area (TPSA) is 35.6 Å². The first-order valence-electron chi connectivity index (χ1n) is 9.18. The van der Waals surface area contributed by atoms with E-state index in [0.717, 1.165) is 50.3 Å². The number of hydrogen-bond donors (Lipinski definition) is 1. The minimum absolute atomic E-state index is 0.0134. The molecule has 0 unspecified atom stereocenters. The summed E-state index contributed by atoms with van der Waals surface area (Å²) in [6.45, 7) is 4.22. The van der Waals surface area contributed by atoms with E-state index in [1.807, 2.05) is 12.1 Å². The van der Waals surface area contributed by atoms with Gasteiger partial charge in [0, 0.05) is 44.0 Å². The van der Waals surface area contributed by atoms with E-state index >= 15 is 0 Å². The molecule has 1 amide bonds. The van der Waals surface area contributed by atoms with Crippen molar-refractivity contribution >= 4 is 17.3 Å². The molecule has 4 nitrogen and oxygen atoms in total. The van der Waals surface area contributed by atoms with Crippen LogP contribution in [0.2, 0.25) is 0 Å². The van der Waals surface area contributed by atoms with E-state index in [4.69, 9.17) is 0 Å². The van der Waals surface area contributed by atoms with Crippen LogP contribution in [0.5, 0.6) is 0 Å². The monoisotopic (exact) mass is 355 g/mol. The van der Waals surface area contributed by atoms with Crippen molar-refractivity contribution in [1.82, 2.24) is 4.90 Å². The van der Waals surface area contributed by atoms with Crippen LogP contribution in [0.15, 0.2) is 48.5 Å². The van der Waals surface area contributed by atoms with E-state index in [9.17, 15) is 9.18 Å². The van der Waals surface area contributed by atoms with Crippen LogP contribution in [0.25, 0.3) is 0 Å². The third-order valence-electron chi connectivity index (χ3n) is 4.80. The molecule has 0 saturated carbocycles. The molecule has 1 N–H and O–H groups in total. The zero-order chi connectivity index (χ0) is 18.4. The van der Waals surface area contributed by atoms with Gasteiger partial charge in [-0.05, 0) is 61.9 Å². The maximum absolute atomic E-state index is 12.9. The van der Waals surface area contributed by atoms with Crippen molar-refractivity contribution in [2.24, 2.45) is 0 Å². The van der Waals surface area contributed by atoms with E-state index in [-0.39, 0.29) is 11.7 Å². The van der Waals surface area contributed by atoms with E-state index in [0.29, 0.717) is 6.42 Å². The summed E-state index contributed by atoms with van der Waals surface area (Å²) >= 11 is 0. The Morgan fingerprint density at radius 1 is 1.00 bits per heavy atom. The number of carbonyl (C=O) groups excluding carboxylic acids is 1. The van der Waals surface area contributed by atoms with Gasteiger partial charge in [-0.1, -0.05) is 12.1 Å². The molecule has 2 aromatic carbocycles. The van der Waals surface area contributed by atoms with Crippen LogP contribution < -0.4 is 10.2 Å². The molecule has 0 aromatic heterocycles. The second-order valence-corrected chi connectivity index (χ2v) is 6.87. The molecule has 1 fully saturated rings. The molecule has 1 aliphatic heterocycles. The van der Waals surface area contributed by atoms with Gasteiger partial charge in [0.1, 0.15) is 5.82 Å². The van der Waals surface area contributed by atoms with E-state index in [1.54, 1.807) is 12.1 Å². The van der Waals surface area contributed by atoms with Crippen molar-refractivity contribution in [3.8, 4) is 0 Å². The molecule has 0 radical (unpaired) electrons. The lowest BCUT2D eigenvalue weighted by Gasteiger charge is -2.34. The molecule has 1 aliphatic rings. The third kappa shape index (κ3) is 5.30. The maximum atomic E-state index is 12.9. The molecule has 26 heavy (non-hydrogen) atoms. The van der Waals surface area contributed by atoms with Gasteiger partial charge >= 0.3 is 0 Å². The van der Waals surface area contributed by atoms with Crippen molar-refractivity contribution in [2.75, 3.05) is 43.4 Å². The van der Waals surface area contributed by atoms with Gasteiger partial charge < -0.3 is 15.1 Å². The van der Waals surface area contributed by atoms with E-state index in [1.165, 1.54) is 17.8 Å². The summed E-state index contributed by atoms with van der Waals surface area (Å²) in [5.74, 6) is -0.217. The Kier molecular flexibility index (Phi) is 6.23. The lowest BCUT2D eigenvalue weighted by atomic mass is 10.1. The van der Waals surface area contributed by atoms with Gasteiger partial charge in [-0.3, -0.25) is 4.79 Å². The molecule has 0 spiro atoms. The van der Waals surface area contributed by atoms with Crippen molar-refractivity contribution in [2.45, 2.75) is 19.3 Å². The quantitative estimate of drug-likeness (QED) is 0.861. The summed E-state index contributed by atoms with van der Waals surface area (Å²) in [4.78, 5) is 16.8. The summed E-state index contributed by atoms with van der Waals surface area (Å²) in [7, 11) is 2.14. The normalized spacial score (nSPS) is 15.1. The highest BCUT2D eigenvalue weighted by atomic mass is 19.1. The van der Waals surface area contributed by atoms with Crippen molar-refractivity contribution in [3.63, 3.8) is 0 Å². The Labute approximate surface area is 154 Å². The second kappa shape index (κ2) is 8.81. The lowest BCUT2D eigenvalue weighted by Crippen LogP contribution is -2.44. The number of hydrogen-bond acceptors (Lipinski definition) is 3. The Balaban J connectivity index is 1.43. The van der Waals surface area contributed by atoms with Gasteiger partial charge in [-0.15, -0.1) is 0 Å². The standard InChI is InChI=1S/C21H26FN3O/c1-24-13-15-25(16-14-24)20-11-9-19(10-12-20)23-21(26)4-2-3-17-5-7-18(22)8-6-17/h5-12H,2-4,13-16H2,1H3,(H,23,26). The number of likely N-dealkylation sites (N-methyl/N-ethyl adjacent to an activating group) is 1. The van der Waals surface area contributed by atoms with Crippen molar-refractivity contribution in [3.05, 3.63) is 59.9 Å². The summed E-state index contributed by atoms with van der Waals surface area (Å²) in [5.41, 5.74) is 3.08. The fourth-order valence-electron chi connectivity index (χ4n) is 3.15. The van der Waals surface area contributed by atoms with Gasteiger partial charge in [0.15, 0.2) is 0 Å². The molecule has 0 bridgehead atoms. The number of carbonyl (C=O) groups is 1. The molecule has 3 rings (SSSR count). The van der Waals surface area contributed by atoms with Gasteiger partial charge in [-0.25, -0.2) is 4.39 Å². The van der Waals surface area contributed by atoms with Crippen LogP contribution in [-0.4, -0.2) is 44.0 Å². The summed E-state index contributed by atoms with van der Waals surface area (Å²) in [5, 5.41) is 2.95. The maximum Gasteiger partial charge on any atom is 0.224 e. The summed E-state index contributed by atoms with van der Waals surface area (Å²) in [6, 6.07) is 14.5. The molecule has 0 atom stereocenters. The first-order chi connectivity index (χ1) is 12.6. The van der Waals surface area contributed by atoms with Gasteiger partial charge in [0.05, 0.1) is 0 Å². The predicted molar refractivity (Wildman–Crippen MR) is 104 cm³/mol. The minimum atomic E-state index is -0.230. The van der Waals surface area contributed by atoms with Crippen LogP contribution in [0.3, 0.4) is 0 Å². The van der Waals surface area contributed by atoms with Crippen LogP contribution in [0.4, 0.5) is 15.8 Å². The largest absolute Gasteiger partial charge is 0.369 e. The number of nitrogens with zero attached hydrogens (tertiary/aromatic N) is 2. The van der Waals surface area contributed by atoms with Gasteiger partial charge in [-0.2, -0.15) is 0 Å². The highest BCUT2D eigenvalue weighted by Crippen LogP contribution is 2.19. The summed E-state index contributed by atoms with van der Waals surface area (Å²) < 4.78 is 12.9. The zero-order valence-electron chi connectivity index (χ0n) is 15.2. The summed E-state index contributed by atoms with van der Waals surface area (Å²) in [6.07, 6.45) is 1.98. The highest BCUT2D eigenvalue weighted by Gasteiger charge is 2.14. The van der Waals surface area contributed by atoms with Crippen molar-refractivity contribution < 1.29 is 9.18 Å². The van der Waals surface area contributed by atoms with Crippen LogP contribution in [0.1, 0.15) is 18.4 Å². The average Bonchev–Trinajstić information content (AvgIpc) is 2.65. The number of nitrogens with one attached hydrogen (secondary N) is 1. The Morgan fingerprint density at radius 3 is 2.31 bits per heavy atom. The average molecular weight is 355 g/mol. The Morgan fingerprint density at radius 2 is 1.65 bits per heavy atom. The fourth-order valence-corrected chi connectivity index (χ4v) is 3.15. The first-order valence-corrected chi connectivity index (χ1v) is 9.18. The molecular formula is C21H26FN3O. The van der Waals surface area contributed by atoms with E-state index in [2.05, 4.69) is 34.3 Å². The Bertz CT molecular complexity index is 707. The third-order valence-corrected chi connectivity index (χ3v) is 4.80. The van der Waals surface area contributed by atoms with Gasteiger partial charge in [0.25, 0.3) is 0 Å². The number of piperazine rings is 1. The van der Waals surface area contributed by atoms with Crippen LogP contribution in [-0.2, 0) is 11.2 Å². The number of amides is 1. The SMILES string of the molecule is CN1CCN(c2ccc(NC(=O)CCCc3ccc(F)cc3)cc2)CC1. The minimum Gasteiger partial charge on any atom is -0.369 e. The smallest absolute Gasteiger partial charge is 0.224 e.